The number of amides is 4. The minimum Gasteiger partial charge on any atom is -0.353 e. The normalized spacial score (nSPS) is 22.5. The monoisotopic (exact) mass is 558 g/mol. The number of carbonyl (C=O) groups is 3. The highest BCUT2D eigenvalue weighted by molar-refractivity contribution is 5.95. The Labute approximate surface area is 230 Å². The van der Waals surface area contributed by atoms with E-state index in [1.54, 1.807) is 27.0 Å². The Kier molecular flexibility index (Phi) is 6.95. The molecule has 0 radical (unpaired) electrons. The van der Waals surface area contributed by atoms with Crippen LogP contribution in [-0.4, -0.2) is 88.1 Å². The van der Waals surface area contributed by atoms with Crippen molar-refractivity contribution in [1.82, 2.24) is 29.8 Å². The molecule has 1 aromatic heterocycles. The van der Waals surface area contributed by atoms with Crippen molar-refractivity contribution < 1.29 is 27.6 Å². The van der Waals surface area contributed by atoms with Gasteiger partial charge in [0.15, 0.2) is 0 Å². The van der Waals surface area contributed by atoms with Gasteiger partial charge in [0.1, 0.15) is 6.54 Å². The molecule has 4 amide bonds. The van der Waals surface area contributed by atoms with Crippen LogP contribution in [0.2, 0.25) is 0 Å². The molecule has 3 aliphatic heterocycles. The van der Waals surface area contributed by atoms with Crippen LogP contribution in [0.1, 0.15) is 77.2 Å². The first-order valence-electron chi connectivity index (χ1n) is 14.0. The van der Waals surface area contributed by atoms with Crippen LogP contribution in [0.5, 0.6) is 0 Å². The van der Waals surface area contributed by atoms with Crippen LogP contribution < -0.4 is 5.32 Å². The Bertz CT molecular complexity index is 1300. The van der Waals surface area contributed by atoms with Crippen LogP contribution in [0.4, 0.5) is 18.0 Å². The molecule has 1 atom stereocenters. The zero-order chi connectivity index (χ0) is 28.0. The van der Waals surface area contributed by atoms with E-state index in [1.165, 1.54) is 12.1 Å². The summed E-state index contributed by atoms with van der Waals surface area (Å²) in [6.07, 6.45) is 1.01. The van der Waals surface area contributed by atoms with E-state index in [9.17, 15) is 27.6 Å². The van der Waals surface area contributed by atoms with Gasteiger partial charge in [-0.05, 0) is 43.7 Å². The number of urea groups is 1. The summed E-state index contributed by atoms with van der Waals surface area (Å²) >= 11 is 0. The van der Waals surface area contributed by atoms with Crippen LogP contribution in [0, 0.1) is 0 Å². The number of halogens is 3. The Hall–Kier alpha value is -3.57. The maximum absolute atomic E-state index is 13.7. The van der Waals surface area contributed by atoms with E-state index >= 15 is 0 Å². The molecule has 1 saturated carbocycles. The number of carbonyl (C=O) groups excluding carboxylic acids is 3. The predicted molar refractivity (Wildman–Crippen MR) is 139 cm³/mol. The standard InChI is InChI=1S/C28H33F3N6O3/c29-28(30,31)23-4-2-1-3-21(23)19-7-11-35(16-19)26(39)22-15-33-37(25(22)18-5-6-18)20-8-12-34(13-9-20)27(40)36-14-10-32-24(38)17-36/h1-4,15,18-20H,5-14,16-17H2,(H,32,38)/t19-/m1/s1. The molecule has 9 nitrogen and oxygen atoms in total. The molecule has 1 aliphatic carbocycles. The summed E-state index contributed by atoms with van der Waals surface area (Å²) in [5.41, 5.74) is 1.08. The minimum atomic E-state index is -4.43. The first-order chi connectivity index (χ1) is 19.2. The molecule has 1 N–H and O–H groups in total. The van der Waals surface area contributed by atoms with Crippen LogP contribution in [0.3, 0.4) is 0 Å². The van der Waals surface area contributed by atoms with E-state index in [0.29, 0.717) is 57.5 Å². The van der Waals surface area contributed by atoms with Gasteiger partial charge in [-0.25, -0.2) is 4.79 Å². The van der Waals surface area contributed by atoms with Gasteiger partial charge in [0.2, 0.25) is 5.91 Å². The lowest BCUT2D eigenvalue weighted by atomic mass is 9.93. The topological polar surface area (TPSA) is 90.8 Å². The summed E-state index contributed by atoms with van der Waals surface area (Å²) < 4.78 is 42.8. The Morgan fingerprint density at radius 3 is 2.33 bits per heavy atom. The number of rotatable bonds is 4. The van der Waals surface area contributed by atoms with Crippen molar-refractivity contribution in [3.63, 3.8) is 0 Å². The van der Waals surface area contributed by atoms with E-state index in [2.05, 4.69) is 10.4 Å². The number of nitrogens with one attached hydrogen (secondary N) is 1. The number of alkyl halides is 3. The Morgan fingerprint density at radius 2 is 1.62 bits per heavy atom. The molecule has 0 bridgehead atoms. The number of piperidine rings is 1. The SMILES string of the molecule is O=C1CN(C(=O)N2CCC(n3ncc(C(=O)N4CC[C@@H](c5ccccc5C(F)(F)F)C4)c3C3CC3)CC2)CCN1. The Morgan fingerprint density at radius 1 is 0.900 bits per heavy atom. The minimum absolute atomic E-state index is 0.0517. The molecule has 4 aliphatic rings. The fourth-order valence-electron chi connectivity index (χ4n) is 6.37. The third kappa shape index (κ3) is 5.15. The molecular weight excluding hydrogens is 525 g/mol. The maximum Gasteiger partial charge on any atom is 0.416 e. The quantitative estimate of drug-likeness (QED) is 0.621. The molecule has 0 unspecified atom stereocenters. The highest BCUT2D eigenvalue weighted by Crippen LogP contribution is 2.44. The van der Waals surface area contributed by atoms with Gasteiger partial charge in [0.25, 0.3) is 5.91 Å². The van der Waals surface area contributed by atoms with Gasteiger partial charge in [-0.3, -0.25) is 14.3 Å². The third-order valence-corrected chi connectivity index (χ3v) is 8.60. The van der Waals surface area contributed by atoms with E-state index in [4.69, 9.17) is 0 Å². The predicted octanol–water partition coefficient (Wildman–Crippen LogP) is 3.60. The van der Waals surface area contributed by atoms with Gasteiger partial charge in [-0.2, -0.15) is 18.3 Å². The lowest BCUT2D eigenvalue weighted by Gasteiger charge is -2.37. The average molecular weight is 559 g/mol. The molecule has 3 saturated heterocycles. The van der Waals surface area contributed by atoms with Gasteiger partial charge in [0.05, 0.1) is 29.1 Å². The molecule has 4 heterocycles. The van der Waals surface area contributed by atoms with Crippen molar-refractivity contribution in [3.8, 4) is 0 Å². The van der Waals surface area contributed by atoms with Crippen LogP contribution >= 0.6 is 0 Å². The second kappa shape index (κ2) is 10.4. The smallest absolute Gasteiger partial charge is 0.353 e. The number of aromatic nitrogens is 2. The molecule has 2 aromatic rings. The van der Waals surface area contributed by atoms with Crippen LogP contribution in [0.15, 0.2) is 30.5 Å². The van der Waals surface area contributed by atoms with Crippen LogP contribution in [-0.2, 0) is 11.0 Å². The summed E-state index contributed by atoms with van der Waals surface area (Å²) in [5, 5.41) is 7.37. The highest BCUT2D eigenvalue weighted by Gasteiger charge is 2.40. The van der Waals surface area contributed by atoms with Gasteiger partial charge >= 0.3 is 12.2 Å². The van der Waals surface area contributed by atoms with Gasteiger partial charge in [0, 0.05) is 51.1 Å². The van der Waals surface area contributed by atoms with Crippen molar-refractivity contribution in [1.29, 1.82) is 0 Å². The number of benzene rings is 1. The Balaban J connectivity index is 1.14. The zero-order valence-corrected chi connectivity index (χ0v) is 22.2. The van der Waals surface area contributed by atoms with E-state index in [0.717, 1.165) is 24.6 Å². The molecule has 4 fully saturated rings. The highest BCUT2D eigenvalue weighted by atomic mass is 19.4. The van der Waals surface area contributed by atoms with Crippen molar-refractivity contribution in [2.45, 2.75) is 56.2 Å². The first-order valence-corrected chi connectivity index (χ1v) is 14.0. The first kappa shape index (κ1) is 26.6. The number of likely N-dealkylation sites (tertiary alicyclic amines) is 2. The largest absolute Gasteiger partial charge is 0.416 e. The average Bonchev–Trinajstić information content (AvgIpc) is 3.49. The number of hydrogen-bond donors (Lipinski definition) is 1. The molecular formula is C28H33F3N6O3. The lowest BCUT2D eigenvalue weighted by Crippen LogP contribution is -2.55. The maximum atomic E-state index is 13.7. The van der Waals surface area contributed by atoms with Crippen LogP contribution in [0.25, 0.3) is 0 Å². The molecule has 0 spiro atoms. The molecule has 40 heavy (non-hydrogen) atoms. The van der Waals surface area contributed by atoms with E-state index in [1.807, 2.05) is 4.68 Å². The van der Waals surface area contributed by atoms with Gasteiger partial charge in [-0.15, -0.1) is 0 Å². The lowest BCUT2D eigenvalue weighted by molar-refractivity contribution is -0.138. The fraction of sp³-hybridized carbons (Fsp3) is 0.571. The summed E-state index contributed by atoms with van der Waals surface area (Å²) in [5.74, 6) is -0.436. The molecule has 6 rings (SSSR count). The zero-order valence-electron chi connectivity index (χ0n) is 22.2. The number of piperazine rings is 1. The summed E-state index contributed by atoms with van der Waals surface area (Å²) in [7, 11) is 0. The number of nitrogens with zero attached hydrogens (tertiary/aromatic N) is 5. The van der Waals surface area contributed by atoms with Crippen molar-refractivity contribution in [3.05, 3.63) is 52.8 Å². The summed E-state index contributed by atoms with van der Waals surface area (Å²) in [6, 6.07) is 5.57. The van der Waals surface area contributed by atoms with E-state index < -0.39 is 11.7 Å². The molecule has 214 valence electrons. The van der Waals surface area contributed by atoms with Gasteiger partial charge in [-0.1, -0.05) is 18.2 Å². The van der Waals surface area contributed by atoms with E-state index in [-0.39, 0.29) is 54.4 Å². The van der Waals surface area contributed by atoms with Crippen molar-refractivity contribution in [2.75, 3.05) is 45.8 Å². The van der Waals surface area contributed by atoms with Gasteiger partial charge < -0.3 is 20.0 Å². The third-order valence-electron chi connectivity index (χ3n) is 8.60. The fourth-order valence-corrected chi connectivity index (χ4v) is 6.37. The summed E-state index contributed by atoms with van der Waals surface area (Å²) in [6.45, 7) is 2.77. The number of hydrogen-bond acceptors (Lipinski definition) is 4. The second-order valence-electron chi connectivity index (χ2n) is 11.3. The van der Waals surface area contributed by atoms with Crippen molar-refractivity contribution >= 4 is 17.8 Å². The second-order valence-corrected chi connectivity index (χ2v) is 11.3. The molecule has 12 heteroatoms. The molecule has 1 aromatic carbocycles. The summed E-state index contributed by atoms with van der Waals surface area (Å²) in [4.78, 5) is 43.3. The van der Waals surface area contributed by atoms with Crippen molar-refractivity contribution in [2.24, 2.45) is 0 Å².